The third kappa shape index (κ3) is 4.09. The third-order valence-corrected chi connectivity index (χ3v) is 4.73. The molecule has 7 nitrogen and oxygen atoms in total. The molecule has 0 unspecified atom stereocenters. The molecule has 0 aliphatic heterocycles. The molecule has 4 rings (SSSR count). The second kappa shape index (κ2) is 8.84. The van der Waals surface area contributed by atoms with E-state index in [1.807, 2.05) is 13.8 Å². The fourth-order valence-corrected chi connectivity index (χ4v) is 3.40. The summed E-state index contributed by atoms with van der Waals surface area (Å²) in [5.74, 6) is 0.0693. The van der Waals surface area contributed by atoms with E-state index in [4.69, 9.17) is 18.4 Å². The number of aliphatic hydroxyl groups is 1. The van der Waals surface area contributed by atoms with Gasteiger partial charge in [-0.3, -0.25) is 0 Å². The van der Waals surface area contributed by atoms with Gasteiger partial charge in [-0.25, -0.2) is 9.18 Å². The van der Waals surface area contributed by atoms with Gasteiger partial charge in [-0.2, -0.15) is 0 Å². The minimum absolute atomic E-state index is 0.162. The van der Waals surface area contributed by atoms with Crippen molar-refractivity contribution in [1.29, 1.82) is 0 Å². The molecule has 32 heavy (non-hydrogen) atoms. The summed E-state index contributed by atoms with van der Waals surface area (Å²) in [6.45, 7) is 5.36. The monoisotopic (exact) mass is 439 g/mol. The molecular weight excluding hydrogens is 417 g/mol. The van der Waals surface area contributed by atoms with Crippen molar-refractivity contribution in [2.45, 2.75) is 33.5 Å². The summed E-state index contributed by atoms with van der Waals surface area (Å²) in [7, 11) is 0. The Kier molecular flexibility index (Phi) is 5.96. The van der Waals surface area contributed by atoms with Gasteiger partial charge in [0.1, 0.15) is 40.8 Å². The maximum Gasteiger partial charge on any atom is 0.342 e. The Bertz CT molecular complexity index is 1260. The van der Waals surface area contributed by atoms with E-state index in [9.17, 15) is 14.3 Å². The van der Waals surface area contributed by atoms with Crippen molar-refractivity contribution in [2.75, 3.05) is 6.61 Å². The first-order chi connectivity index (χ1) is 15.4. The highest BCUT2D eigenvalue weighted by molar-refractivity contribution is 6.10. The molecule has 2 aromatic carbocycles. The Morgan fingerprint density at radius 1 is 1.19 bits per heavy atom. The Labute approximate surface area is 183 Å². The molecule has 0 saturated carbocycles. The molecule has 0 bridgehead atoms. The largest absolute Gasteiger partial charge is 0.490 e. The Balaban J connectivity index is 1.97. The predicted molar refractivity (Wildman–Crippen MR) is 115 cm³/mol. The standard InChI is InChI=1S/C24H22FNO6/c1-4-29-24(28)22-18-11-20(30-13(2)3)17(19-9-16(12-27)32-26-19)10-21(18)31-23(22)14-5-7-15(25)8-6-14/h5-11,13,27H,4,12H2,1-3H3. The van der Waals surface area contributed by atoms with Crippen LogP contribution in [0, 0.1) is 5.82 Å². The highest BCUT2D eigenvalue weighted by Crippen LogP contribution is 2.41. The smallest absolute Gasteiger partial charge is 0.342 e. The minimum Gasteiger partial charge on any atom is -0.490 e. The van der Waals surface area contributed by atoms with Gasteiger partial charge < -0.3 is 23.5 Å². The zero-order valence-electron chi connectivity index (χ0n) is 17.8. The molecule has 2 heterocycles. The molecule has 0 aliphatic rings. The molecule has 1 N–H and O–H groups in total. The number of aromatic nitrogens is 1. The Hall–Kier alpha value is -3.65. The van der Waals surface area contributed by atoms with Gasteiger partial charge in [0.15, 0.2) is 5.76 Å². The molecule has 166 valence electrons. The van der Waals surface area contributed by atoms with Crippen LogP contribution in [0.4, 0.5) is 4.39 Å². The first-order valence-corrected chi connectivity index (χ1v) is 10.2. The first kappa shape index (κ1) is 21.6. The number of benzene rings is 2. The fraction of sp³-hybridized carbons (Fsp3) is 0.250. The lowest BCUT2D eigenvalue weighted by Crippen LogP contribution is -2.07. The quantitative estimate of drug-likeness (QED) is 0.388. The van der Waals surface area contributed by atoms with Gasteiger partial charge in [0.2, 0.25) is 0 Å². The molecule has 0 radical (unpaired) electrons. The van der Waals surface area contributed by atoms with Gasteiger partial charge in [0.05, 0.1) is 12.7 Å². The van der Waals surface area contributed by atoms with Crippen molar-refractivity contribution in [1.82, 2.24) is 5.16 Å². The molecule has 0 fully saturated rings. The lowest BCUT2D eigenvalue weighted by atomic mass is 10.0. The summed E-state index contributed by atoms with van der Waals surface area (Å²) in [6.07, 6.45) is -0.162. The molecule has 8 heteroatoms. The number of aliphatic hydroxyl groups excluding tert-OH is 1. The lowest BCUT2D eigenvalue weighted by Gasteiger charge is -2.13. The van der Waals surface area contributed by atoms with E-state index in [2.05, 4.69) is 5.16 Å². The van der Waals surface area contributed by atoms with Crippen LogP contribution in [0.3, 0.4) is 0 Å². The maximum absolute atomic E-state index is 13.5. The average Bonchev–Trinajstić information content (AvgIpc) is 3.38. The second-order valence-electron chi connectivity index (χ2n) is 7.38. The van der Waals surface area contributed by atoms with E-state index in [1.54, 1.807) is 25.1 Å². The molecule has 0 amide bonds. The van der Waals surface area contributed by atoms with Crippen molar-refractivity contribution in [3.63, 3.8) is 0 Å². The van der Waals surface area contributed by atoms with Crippen molar-refractivity contribution < 1.29 is 32.7 Å². The van der Waals surface area contributed by atoms with Crippen LogP contribution in [-0.2, 0) is 11.3 Å². The summed E-state index contributed by atoms with van der Waals surface area (Å²) in [4.78, 5) is 12.9. The van der Waals surface area contributed by atoms with Crippen LogP contribution in [-0.4, -0.2) is 28.9 Å². The zero-order valence-corrected chi connectivity index (χ0v) is 17.8. The number of furan rings is 1. The fourth-order valence-electron chi connectivity index (χ4n) is 3.40. The van der Waals surface area contributed by atoms with E-state index in [0.29, 0.717) is 39.3 Å². The molecule has 4 aromatic rings. The van der Waals surface area contributed by atoms with Gasteiger partial charge in [-0.1, -0.05) is 5.16 Å². The highest BCUT2D eigenvalue weighted by Gasteiger charge is 2.26. The topological polar surface area (TPSA) is 94.9 Å². The SMILES string of the molecule is CCOC(=O)c1c(-c2ccc(F)cc2)oc2cc(-c3cc(CO)on3)c(OC(C)C)cc12. The van der Waals surface area contributed by atoms with Gasteiger partial charge >= 0.3 is 5.97 Å². The molecular formula is C24H22FNO6. The van der Waals surface area contributed by atoms with Crippen LogP contribution in [0.5, 0.6) is 5.75 Å². The zero-order chi connectivity index (χ0) is 22.8. The van der Waals surface area contributed by atoms with Crippen molar-refractivity contribution in [3.05, 3.63) is 59.6 Å². The summed E-state index contributed by atoms with van der Waals surface area (Å²) >= 11 is 0. The van der Waals surface area contributed by atoms with Gasteiger partial charge in [-0.15, -0.1) is 0 Å². The Morgan fingerprint density at radius 3 is 2.56 bits per heavy atom. The molecule has 0 spiro atoms. The molecule has 0 aliphatic carbocycles. The maximum atomic E-state index is 13.5. The van der Waals surface area contributed by atoms with Gasteiger partial charge in [0.25, 0.3) is 0 Å². The predicted octanol–water partition coefficient (Wildman–Crippen LogP) is 5.35. The van der Waals surface area contributed by atoms with Crippen molar-refractivity contribution in [2.24, 2.45) is 0 Å². The average molecular weight is 439 g/mol. The van der Waals surface area contributed by atoms with Gasteiger partial charge in [0, 0.05) is 22.6 Å². The van der Waals surface area contributed by atoms with Crippen molar-refractivity contribution in [3.8, 4) is 28.3 Å². The number of ether oxygens (including phenoxy) is 2. The summed E-state index contributed by atoms with van der Waals surface area (Å²) in [5.41, 5.74) is 2.17. The van der Waals surface area contributed by atoms with Crippen LogP contribution in [0.2, 0.25) is 0 Å². The van der Waals surface area contributed by atoms with Crippen molar-refractivity contribution >= 4 is 16.9 Å². The summed E-state index contributed by atoms with van der Waals surface area (Å²) in [5, 5.41) is 13.8. The number of esters is 1. The first-order valence-electron chi connectivity index (χ1n) is 10.2. The summed E-state index contributed by atoms with van der Waals surface area (Å²) < 4.78 is 35.9. The third-order valence-electron chi connectivity index (χ3n) is 4.73. The van der Waals surface area contributed by atoms with Crippen LogP contribution >= 0.6 is 0 Å². The number of fused-ring (bicyclic) bond motifs is 1. The Morgan fingerprint density at radius 2 is 1.94 bits per heavy atom. The van der Waals surface area contributed by atoms with Crippen LogP contribution < -0.4 is 4.74 Å². The number of carbonyl (C=O) groups is 1. The minimum atomic E-state index is -0.558. The molecule has 2 aromatic heterocycles. The molecule has 0 atom stereocenters. The number of hydrogen-bond donors (Lipinski definition) is 1. The molecule has 0 saturated heterocycles. The number of hydrogen-bond acceptors (Lipinski definition) is 7. The normalized spacial score (nSPS) is 11.3. The van der Waals surface area contributed by atoms with Crippen LogP contribution in [0.15, 0.2) is 51.4 Å². The van der Waals surface area contributed by atoms with E-state index >= 15 is 0 Å². The van der Waals surface area contributed by atoms with Crippen LogP contribution in [0.1, 0.15) is 36.9 Å². The van der Waals surface area contributed by atoms with E-state index in [1.165, 1.54) is 24.3 Å². The lowest BCUT2D eigenvalue weighted by molar-refractivity contribution is 0.0528. The van der Waals surface area contributed by atoms with Gasteiger partial charge in [-0.05, 0) is 57.2 Å². The number of nitrogens with zero attached hydrogens (tertiary/aromatic N) is 1. The second-order valence-corrected chi connectivity index (χ2v) is 7.38. The van der Waals surface area contributed by atoms with E-state index < -0.39 is 11.8 Å². The van der Waals surface area contributed by atoms with Crippen LogP contribution in [0.25, 0.3) is 33.6 Å². The van der Waals surface area contributed by atoms with E-state index in [-0.39, 0.29) is 30.6 Å². The van der Waals surface area contributed by atoms with E-state index in [0.717, 1.165) is 0 Å². The number of halogens is 1. The summed E-state index contributed by atoms with van der Waals surface area (Å²) in [6, 6.07) is 10.7. The highest BCUT2D eigenvalue weighted by atomic mass is 19.1. The number of rotatable bonds is 7. The number of carbonyl (C=O) groups excluding carboxylic acids is 1.